The van der Waals surface area contributed by atoms with Gasteiger partial charge in [-0.15, -0.1) is 0 Å². The molecule has 0 atom stereocenters. The van der Waals surface area contributed by atoms with Crippen LogP contribution in [0.15, 0.2) is 30.5 Å². The number of carbonyl (C=O) groups excluding carboxylic acids is 2. The Hall–Kier alpha value is -2.57. The molecule has 1 N–H and O–H groups in total. The molecule has 2 heterocycles. The Balaban J connectivity index is 1.53. The third-order valence-corrected chi connectivity index (χ3v) is 4.44. The number of piperidine rings is 1. The zero-order valence-corrected chi connectivity index (χ0v) is 14.2. The van der Waals surface area contributed by atoms with Crippen molar-refractivity contribution in [1.29, 1.82) is 0 Å². The van der Waals surface area contributed by atoms with Crippen LogP contribution in [0.5, 0.6) is 0 Å². The standard InChI is InChI=1S/C18H22FN3O3/c1-2-25-18(24)21-9-6-15(7-10-21)20-17(23)12-22-8-5-13-3-4-14(19)11-16(13)22/h3-5,8,11,15H,2,6-7,9-10,12H2,1H3,(H,20,23). The van der Waals surface area contributed by atoms with Gasteiger partial charge < -0.3 is 19.5 Å². The van der Waals surface area contributed by atoms with E-state index in [2.05, 4.69) is 5.32 Å². The number of carbonyl (C=O) groups is 2. The first kappa shape index (κ1) is 17.3. The van der Waals surface area contributed by atoms with Gasteiger partial charge in [-0.1, -0.05) is 0 Å². The number of ether oxygens (including phenoxy) is 1. The fourth-order valence-electron chi connectivity index (χ4n) is 3.14. The molecule has 25 heavy (non-hydrogen) atoms. The molecule has 0 saturated carbocycles. The van der Waals surface area contributed by atoms with Crippen LogP contribution in [-0.2, 0) is 16.1 Å². The highest BCUT2D eigenvalue weighted by molar-refractivity contribution is 5.83. The molecule has 1 aliphatic rings. The first-order valence-electron chi connectivity index (χ1n) is 8.52. The van der Waals surface area contributed by atoms with Crippen LogP contribution in [0.3, 0.4) is 0 Å². The summed E-state index contributed by atoms with van der Waals surface area (Å²) in [6, 6.07) is 6.44. The van der Waals surface area contributed by atoms with Gasteiger partial charge in [0.05, 0.1) is 12.1 Å². The molecule has 1 saturated heterocycles. The molecule has 0 aliphatic carbocycles. The topological polar surface area (TPSA) is 63.6 Å². The van der Waals surface area contributed by atoms with Crippen LogP contribution in [0, 0.1) is 5.82 Å². The predicted octanol–water partition coefficient (Wildman–Crippen LogP) is 2.52. The summed E-state index contributed by atoms with van der Waals surface area (Å²) < 4.78 is 20.1. The Bertz CT molecular complexity index is 766. The Morgan fingerprint density at radius 3 is 2.76 bits per heavy atom. The summed E-state index contributed by atoms with van der Waals surface area (Å²) in [5, 5.41) is 3.90. The number of amides is 2. The zero-order valence-electron chi connectivity index (χ0n) is 14.2. The van der Waals surface area contributed by atoms with Gasteiger partial charge in [-0.2, -0.15) is 0 Å². The van der Waals surface area contributed by atoms with Crippen molar-refractivity contribution in [2.75, 3.05) is 19.7 Å². The molecule has 0 radical (unpaired) electrons. The summed E-state index contributed by atoms with van der Waals surface area (Å²) in [5.74, 6) is -0.435. The smallest absolute Gasteiger partial charge is 0.409 e. The lowest BCUT2D eigenvalue weighted by Crippen LogP contribution is -2.47. The average Bonchev–Trinajstić information content (AvgIpc) is 2.97. The quantitative estimate of drug-likeness (QED) is 0.924. The van der Waals surface area contributed by atoms with Crippen LogP contribution in [0.1, 0.15) is 19.8 Å². The van der Waals surface area contributed by atoms with Gasteiger partial charge >= 0.3 is 6.09 Å². The van der Waals surface area contributed by atoms with Crippen molar-refractivity contribution in [3.05, 3.63) is 36.3 Å². The maximum absolute atomic E-state index is 13.4. The Morgan fingerprint density at radius 2 is 2.04 bits per heavy atom. The number of hydrogen-bond donors (Lipinski definition) is 1. The minimum Gasteiger partial charge on any atom is -0.450 e. The first-order valence-corrected chi connectivity index (χ1v) is 8.52. The molecular weight excluding hydrogens is 325 g/mol. The van der Waals surface area contributed by atoms with Crippen LogP contribution >= 0.6 is 0 Å². The monoisotopic (exact) mass is 347 g/mol. The number of hydrogen-bond acceptors (Lipinski definition) is 3. The number of halogens is 1. The Morgan fingerprint density at radius 1 is 1.28 bits per heavy atom. The lowest BCUT2D eigenvalue weighted by Gasteiger charge is -2.31. The highest BCUT2D eigenvalue weighted by atomic mass is 19.1. The number of nitrogens with one attached hydrogen (secondary N) is 1. The molecular formula is C18H22FN3O3. The van der Waals surface area contributed by atoms with E-state index in [0.29, 0.717) is 38.1 Å². The van der Waals surface area contributed by atoms with Crippen LogP contribution in [0.2, 0.25) is 0 Å². The van der Waals surface area contributed by atoms with Crippen molar-refractivity contribution in [1.82, 2.24) is 14.8 Å². The number of rotatable bonds is 4. The molecule has 134 valence electrons. The summed E-state index contributed by atoms with van der Waals surface area (Å²) in [5.41, 5.74) is 0.701. The molecule has 1 aliphatic heterocycles. The zero-order chi connectivity index (χ0) is 17.8. The van der Waals surface area contributed by atoms with E-state index in [1.165, 1.54) is 12.1 Å². The Kier molecular flexibility index (Phi) is 5.21. The molecule has 0 spiro atoms. The van der Waals surface area contributed by atoms with Crippen molar-refractivity contribution in [2.45, 2.75) is 32.4 Å². The minimum absolute atomic E-state index is 0.0386. The van der Waals surface area contributed by atoms with Crippen molar-refractivity contribution >= 4 is 22.9 Å². The van der Waals surface area contributed by atoms with E-state index in [1.54, 1.807) is 28.7 Å². The summed E-state index contributed by atoms with van der Waals surface area (Å²) in [6.45, 7) is 3.43. The van der Waals surface area contributed by atoms with Gasteiger partial charge in [-0.25, -0.2) is 9.18 Å². The molecule has 1 aromatic heterocycles. The lowest BCUT2D eigenvalue weighted by atomic mass is 10.1. The van der Waals surface area contributed by atoms with Crippen LogP contribution in [-0.4, -0.2) is 47.2 Å². The average molecular weight is 347 g/mol. The molecule has 1 aromatic carbocycles. The lowest BCUT2D eigenvalue weighted by molar-refractivity contribution is -0.122. The minimum atomic E-state index is -0.320. The molecule has 2 amide bonds. The van der Waals surface area contributed by atoms with Crippen molar-refractivity contribution < 1.29 is 18.7 Å². The van der Waals surface area contributed by atoms with E-state index < -0.39 is 0 Å². The largest absolute Gasteiger partial charge is 0.450 e. The van der Waals surface area contributed by atoms with E-state index in [-0.39, 0.29) is 30.4 Å². The molecule has 0 bridgehead atoms. The van der Waals surface area contributed by atoms with E-state index >= 15 is 0 Å². The van der Waals surface area contributed by atoms with E-state index in [4.69, 9.17) is 4.74 Å². The van der Waals surface area contributed by atoms with Gasteiger partial charge in [0.1, 0.15) is 12.4 Å². The first-order chi connectivity index (χ1) is 12.1. The maximum Gasteiger partial charge on any atom is 0.409 e. The van der Waals surface area contributed by atoms with Crippen molar-refractivity contribution in [3.63, 3.8) is 0 Å². The SMILES string of the molecule is CCOC(=O)N1CCC(NC(=O)Cn2ccc3ccc(F)cc32)CC1. The predicted molar refractivity (Wildman–Crippen MR) is 91.7 cm³/mol. The molecule has 6 nitrogen and oxygen atoms in total. The molecule has 7 heteroatoms. The second-order valence-electron chi connectivity index (χ2n) is 6.17. The number of fused-ring (bicyclic) bond motifs is 1. The molecule has 0 unspecified atom stereocenters. The number of likely N-dealkylation sites (tertiary alicyclic amines) is 1. The fourth-order valence-corrected chi connectivity index (χ4v) is 3.14. The van der Waals surface area contributed by atoms with Gasteiger partial charge in [0.2, 0.25) is 5.91 Å². The normalized spacial score (nSPS) is 15.4. The highest BCUT2D eigenvalue weighted by Gasteiger charge is 2.24. The van der Waals surface area contributed by atoms with Gasteiger partial charge in [-0.05, 0) is 49.4 Å². The maximum atomic E-state index is 13.4. The second kappa shape index (κ2) is 7.55. The summed E-state index contributed by atoms with van der Waals surface area (Å²) in [7, 11) is 0. The molecule has 2 aromatic rings. The summed E-state index contributed by atoms with van der Waals surface area (Å²) >= 11 is 0. The summed E-state index contributed by atoms with van der Waals surface area (Å²) in [6.07, 6.45) is 2.89. The summed E-state index contributed by atoms with van der Waals surface area (Å²) in [4.78, 5) is 25.6. The highest BCUT2D eigenvalue weighted by Crippen LogP contribution is 2.17. The Labute approximate surface area is 145 Å². The second-order valence-corrected chi connectivity index (χ2v) is 6.17. The number of nitrogens with zero attached hydrogens (tertiary/aromatic N) is 2. The van der Waals surface area contributed by atoms with Gasteiger partial charge in [0, 0.05) is 25.3 Å². The third kappa shape index (κ3) is 4.10. The van der Waals surface area contributed by atoms with Crippen LogP contribution in [0.4, 0.5) is 9.18 Å². The van der Waals surface area contributed by atoms with E-state index in [9.17, 15) is 14.0 Å². The van der Waals surface area contributed by atoms with E-state index in [0.717, 1.165) is 5.39 Å². The molecule has 1 fully saturated rings. The van der Waals surface area contributed by atoms with Crippen molar-refractivity contribution in [3.8, 4) is 0 Å². The number of benzene rings is 1. The van der Waals surface area contributed by atoms with E-state index in [1.807, 2.05) is 6.07 Å². The van der Waals surface area contributed by atoms with Crippen LogP contribution < -0.4 is 5.32 Å². The fraction of sp³-hybridized carbons (Fsp3) is 0.444. The molecule has 3 rings (SSSR count). The van der Waals surface area contributed by atoms with Gasteiger partial charge in [0.25, 0.3) is 0 Å². The van der Waals surface area contributed by atoms with Crippen molar-refractivity contribution in [2.24, 2.45) is 0 Å². The number of aromatic nitrogens is 1. The van der Waals surface area contributed by atoms with Gasteiger partial charge in [-0.3, -0.25) is 4.79 Å². The van der Waals surface area contributed by atoms with Crippen LogP contribution in [0.25, 0.3) is 10.9 Å². The third-order valence-electron chi connectivity index (χ3n) is 4.44. The van der Waals surface area contributed by atoms with Gasteiger partial charge in [0.15, 0.2) is 0 Å².